The Morgan fingerprint density at radius 2 is 2.13 bits per heavy atom. The minimum atomic E-state index is -0.200. The molecule has 1 aromatic rings. The molecular formula is C11H14BrNO2. The van der Waals surface area contributed by atoms with E-state index in [9.17, 15) is 9.59 Å². The van der Waals surface area contributed by atoms with Crippen molar-refractivity contribution in [3.8, 4) is 0 Å². The quantitative estimate of drug-likeness (QED) is 0.860. The smallest absolute Gasteiger partial charge is 0.262 e. The van der Waals surface area contributed by atoms with Gasteiger partial charge in [0.25, 0.3) is 5.56 Å². The number of carbonyl (C=O) groups excluding carboxylic acids is 1. The second-order valence-corrected chi connectivity index (χ2v) is 4.86. The lowest BCUT2D eigenvalue weighted by Crippen LogP contribution is -2.14. The molecule has 82 valence electrons. The summed E-state index contributed by atoms with van der Waals surface area (Å²) >= 11 is 3.12. The molecule has 1 heterocycles. The molecule has 0 aromatic carbocycles. The third-order valence-electron chi connectivity index (χ3n) is 2.09. The molecule has 0 spiro atoms. The summed E-state index contributed by atoms with van der Waals surface area (Å²) in [4.78, 5) is 25.7. The molecule has 0 aliphatic heterocycles. The first-order valence-electron chi connectivity index (χ1n) is 4.84. The summed E-state index contributed by atoms with van der Waals surface area (Å²) < 4.78 is 0.403. The number of aryl methyl sites for hydroxylation is 1. The second-order valence-electron chi connectivity index (χ2n) is 4.01. The first-order chi connectivity index (χ1) is 6.91. The van der Waals surface area contributed by atoms with Gasteiger partial charge in [0.2, 0.25) is 0 Å². The van der Waals surface area contributed by atoms with Gasteiger partial charge in [0.15, 0.2) is 5.78 Å². The Balaban J connectivity index is 3.10. The Morgan fingerprint density at radius 1 is 1.53 bits per heavy atom. The van der Waals surface area contributed by atoms with Crippen LogP contribution in [0.1, 0.15) is 36.3 Å². The molecule has 0 amide bonds. The average molecular weight is 272 g/mol. The Hall–Kier alpha value is -0.900. The van der Waals surface area contributed by atoms with E-state index < -0.39 is 0 Å². The summed E-state index contributed by atoms with van der Waals surface area (Å²) in [6, 6.07) is 1.60. The summed E-state index contributed by atoms with van der Waals surface area (Å²) in [5, 5.41) is 0. The number of H-pyrrole nitrogens is 1. The normalized spacial score (nSPS) is 10.7. The molecule has 1 aromatic heterocycles. The van der Waals surface area contributed by atoms with Gasteiger partial charge in [-0.3, -0.25) is 9.59 Å². The standard InChI is InChI=1S/C11H14BrNO2/c1-6(2)4-10(14)8-5-9(12)11(15)13-7(8)3/h5-6H,4H2,1-3H3,(H,13,15). The van der Waals surface area contributed by atoms with Crippen LogP contribution in [-0.4, -0.2) is 10.8 Å². The number of hydrogen-bond donors (Lipinski definition) is 1. The molecule has 0 aliphatic rings. The maximum Gasteiger partial charge on any atom is 0.262 e. The second kappa shape index (κ2) is 4.75. The molecular weight excluding hydrogens is 258 g/mol. The molecule has 0 atom stereocenters. The molecule has 1 N–H and O–H groups in total. The van der Waals surface area contributed by atoms with Gasteiger partial charge in [-0.2, -0.15) is 0 Å². The highest BCUT2D eigenvalue weighted by Crippen LogP contribution is 2.14. The highest BCUT2D eigenvalue weighted by Gasteiger charge is 2.13. The molecule has 0 bridgehead atoms. The van der Waals surface area contributed by atoms with Gasteiger partial charge in [0, 0.05) is 17.7 Å². The van der Waals surface area contributed by atoms with Crippen LogP contribution in [-0.2, 0) is 0 Å². The zero-order chi connectivity index (χ0) is 11.6. The molecule has 0 saturated carbocycles. The number of rotatable bonds is 3. The lowest BCUT2D eigenvalue weighted by molar-refractivity contribution is 0.0966. The molecule has 1 rings (SSSR count). The minimum Gasteiger partial charge on any atom is -0.325 e. The van der Waals surface area contributed by atoms with Crippen molar-refractivity contribution in [2.75, 3.05) is 0 Å². The van der Waals surface area contributed by atoms with Crippen molar-refractivity contribution in [2.45, 2.75) is 27.2 Å². The number of aromatic nitrogens is 1. The number of hydrogen-bond acceptors (Lipinski definition) is 2. The van der Waals surface area contributed by atoms with E-state index in [1.807, 2.05) is 13.8 Å². The van der Waals surface area contributed by atoms with Gasteiger partial charge in [0.1, 0.15) is 0 Å². The first kappa shape index (κ1) is 12.2. The highest BCUT2D eigenvalue weighted by molar-refractivity contribution is 9.10. The Kier molecular flexibility index (Phi) is 3.85. The topological polar surface area (TPSA) is 49.9 Å². The van der Waals surface area contributed by atoms with Crippen molar-refractivity contribution in [1.29, 1.82) is 0 Å². The number of nitrogens with one attached hydrogen (secondary N) is 1. The molecule has 15 heavy (non-hydrogen) atoms. The van der Waals surface area contributed by atoms with Crippen molar-refractivity contribution in [3.63, 3.8) is 0 Å². The Morgan fingerprint density at radius 3 is 2.67 bits per heavy atom. The molecule has 4 heteroatoms. The molecule has 0 radical (unpaired) electrons. The lowest BCUT2D eigenvalue weighted by atomic mass is 10.0. The summed E-state index contributed by atoms with van der Waals surface area (Å²) in [5.41, 5.74) is 1.03. The van der Waals surface area contributed by atoms with Crippen molar-refractivity contribution in [2.24, 2.45) is 5.92 Å². The summed E-state index contributed by atoms with van der Waals surface area (Å²) in [6.45, 7) is 5.73. The number of pyridine rings is 1. The van der Waals surface area contributed by atoms with Gasteiger partial charge < -0.3 is 4.98 Å². The van der Waals surface area contributed by atoms with Gasteiger partial charge in [-0.25, -0.2) is 0 Å². The fraction of sp³-hybridized carbons (Fsp3) is 0.455. The number of carbonyl (C=O) groups is 1. The van der Waals surface area contributed by atoms with Crippen LogP contribution >= 0.6 is 15.9 Å². The minimum absolute atomic E-state index is 0.0689. The molecule has 0 fully saturated rings. The first-order valence-corrected chi connectivity index (χ1v) is 5.63. The predicted octanol–water partition coefficient (Wildman–Crippen LogP) is 2.67. The van der Waals surface area contributed by atoms with Crippen LogP contribution < -0.4 is 5.56 Å². The van der Waals surface area contributed by atoms with E-state index in [-0.39, 0.29) is 11.3 Å². The zero-order valence-electron chi connectivity index (χ0n) is 9.06. The number of ketones is 1. The number of aromatic amines is 1. The van der Waals surface area contributed by atoms with Crippen LogP contribution in [0.2, 0.25) is 0 Å². The van der Waals surface area contributed by atoms with E-state index in [1.165, 1.54) is 0 Å². The summed E-state index contributed by atoms with van der Waals surface area (Å²) in [6.07, 6.45) is 0.499. The molecule has 3 nitrogen and oxygen atoms in total. The molecule has 0 unspecified atom stereocenters. The largest absolute Gasteiger partial charge is 0.325 e. The van der Waals surface area contributed by atoms with Crippen LogP contribution in [0.25, 0.3) is 0 Å². The van der Waals surface area contributed by atoms with Crippen LogP contribution in [0.5, 0.6) is 0 Å². The SMILES string of the molecule is Cc1[nH]c(=O)c(Br)cc1C(=O)CC(C)C. The van der Waals surface area contributed by atoms with Crippen LogP contribution in [0, 0.1) is 12.8 Å². The number of Topliss-reactive ketones (excluding diaryl/α,β-unsaturated/α-hetero) is 1. The van der Waals surface area contributed by atoms with E-state index >= 15 is 0 Å². The summed E-state index contributed by atoms with van der Waals surface area (Å²) in [7, 11) is 0. The molecule has 0 saturated heterocycles. The van der Waals surface area contributed by atoms with E-state index in [4.69, 9.17) is 0 Å². The summed E-state index contributed by atoms with van der Waals surface area (Å²) in [5.74, 6) is 0.391. The Bertz CT molecular complexity index is 435. The van der Waals surface area contributed by atoms with Crippen LogP contribution in [0.3, 0.4) is 0 Å². The van der Waals surface area contributed by atoms with Crippen molar-refractivity contribution < 1.29 is 4.79 Å². The zero-order valence-corrected chi connectivity index (χ0v) is 10.6. The van der Waals surface area contributed by atoms with Crippen LogP contribution in [0.15, 0.2) is 15.3 Å². The predicted molar refractivity (Wildman–Crippen MR) is 63.3 cm³/mol. The highest BCUT2D eigenvalue weighted by atomic mass is 79.9. The van der Waals surface area contributed by atoms with E-state index in [1.54, 1.807) is 13.0 Å². The molecule has 0 aliphatic carbocycles. The van der Waals surface area contributed by atoms with Crippen molar-refractivity contribution >= 4 is 21.7 Å². The van der Waals surface area contributed by atoms with Crippen molar-refractivity contribution in [3.05, 3.63) is 32.2 Å². The van der Waals surface area contributed by atoms with E-state index in [0.717, 1.165) is 0 Å². The van der Waals surface area contributed by atoms with E-state index in [2.05, 4.69) is 20.9 Å². The monoisotopic (exact) mass is 271 g/mol. The van der Waals surface area contributed by atoms with Gasteiger partial charge in [0.05, 0.1) is 4.47 Å². The van der Waals surface area contributed by atoms with E-state index in [0.29, 0.717) is 28.1 Å². The van der Waals surface area contributed by atoms with Gasteiger partial charge >= 0.3 is 0 Å². The van der Waals surface area contributed by atoms with Crippen LogP contribution in [0.4, 0.5) is 0 Å². The Labute approximate surface area is 97.0 Å². The average Bonchev–Trinajstić information content (AvgIpc) is 2.09. The lowest BCUT2D eigenvalue weighted by Gasteiger charge is -2.07. The van der Waals surface area contributed by atoms with Gasteiger partial charge in [-0.05, 0) is 34.8 Å². The van der Waals surface area contributed by atoms with Crippen molar-refractivity contribution in [1.82, 2.24) is 4.98 Å². The maximum absolute atomic E-state index is 11.8. The van der Waals surface area contributed by atoms with Gasteiger partial charge in [-0.15, -0.1) is 0 Å². The number of halogens is 1. The third kappa shape index (κ3) is 3.02. The maximum atomic E-state index is 11.8. The third-order valence-corrected chi connectivity index (χ3v) is 2.68. The van der Waals surface area contributed by atoms with Gasteiger partial charge in [-0.1, -0.05) is 13.8 Å². The fourth-order valence-corrected chi connectivity index (χ4v) is 1.70. The fourth-order valence-electron chi connectivity index (χ4n) is 1.37.